The van der Waals surface area contributed by atoms with Gasteiger partial charge in [0.15, 0.2) is 0 Å². The lowest BCUT2D eigenvalue weighted by atomic mass is 10.1. The molecule has 1 aliphatic carbocycles. The largest absolute Gasteiger partial charge is 0.311 e. The van der Waals surface area contributed by atoms with Gasteiger partial charge in [0, 0.05) is 43.5 Å². The number of pyridine rings is 1. The van der Waals surface area contributed by atoms with E-state index in [0.717, 1.165) is 25.7 Å². The van der Waals surface area contributed by atoms with E-state index in [0.29, 0.717) is 0 Å². The van der Waals surface area contributed by atoms with E-state index >= 15 is 0 Å². The summed E-state index contributed by atoms with van der Waals surface area (Å²) in [4.78, 5) is 6.63. The van der Waals surface area contributed by atoms with Crippen LogP contribution in [0.15, 0.2) is 36.7 Å². The highest BCUT2D eigenvalue weighted by atomic mass is 15.2. The third kappa shape index (κ3) is 3.11. The maximum absolute atomic E-state index is 4.17. The maximum Gasteiger partial charge on any atom is 0.0346 e. The summed E-state index contributed by atoms with van der Waals surface area (Å²) in [6, 6.07) is 9.37. The molecule has 1 N–H and O–H groups in total. The van der Waals surface area contributed by atoms with Crippen molar-refractivity contribution >= 4 is 10.8 Å². The molecule has 3 rings (SSSR count). The molecule has 1 heterocycles. The maximum atomic E-state index is 4.17. The van der Waals surface area contributed by atoms with Gasteiger partial charge in [0.05, 0.1) is 0 Å². The molecule has 1 aliphatic rings. The van der Waals surface area contributed by atoms with Gasteiger partial charge < -0.3 is 10.2 Å². The van der Waals surface area contributed by atoms with Crippen molar-refractivity contribution in [1.82, 2.24) is 15.2 Å². The van der Waals surface area contributed by atoms with Crippen molar-refractivity contribution < 1.29 is 0 Å². The molecule has 3 heteroatoms. The van der Waals surface area contributed by atoms with Crippen LogP contribution in [-0.2, 0) is 6.54 Å². The van der Waals surface area contributed by atoms with Crippen LogP contribution in [0.2, 0.25) is 0 Å². The number of hydrogen-bond acceptors (Lipinski definition) is 3. The number of fused-ring (bicyclic) bond motifs is 1. The van der Waals surface area contributed by atoms with Gasteiger partial charge >= 0.3 is 0 Å². The first kappa shape index (κ1) is 12.6. The standard InChI is InChI=1S/C16H21N3/c1-19(15-5-6-15)10-9-18-12-14-4-2-3-13-11-17-8-7-16(13)14/h2-4,7-8,11,15,18H,5-6,9-10,12H2,1H3. The zero-order valence-electron chi connectivity index (χ0n) is 11.5. The normalized spacial score (nSPS) is 15.3. The lowest BCUT2D eigenvalue weighted by Gasteiger charge is -2.16. The van der Waals surface area contributed by atoms with Crippen molar-refractivity contribution in [1.29, 1.82) is 0 Å². The smallest absolute Gasteiger partial charge is 0.0346 e. The van der Waals surface area contributed by atoms with Crippen LogP contribution in [0.5, 0.6) is 0 Å². The lowest BCUT2D eigenvalue weighted by molar-refractivity contribution is 0.322. The molecular formula is C16H21N3. The Morgan fingerprint density at radius 2 is 2.21 bits per heavy atom. The molecule has 19 heavy (non-hydrogen) atoms. The van der Waals surface area contributed by atoms with Gasteiger partial charge in [0.2, 0.25) is 0 Å². The third-order valence-electron chi connectivity index (χ3n) is 3.90. The minimum absolute atomic E-state index is 0.852. The Balaban J connectivity index is 1.56. The Bertz CT molecular complexity index is 543. The van der Waals surface area contributed by atoms with Crippen molar-refractivity contribution in [2.24, 2.45) is 0 Å². The van der Waals surface area contributed by atoms with Crippen LogP contribution < -0.4 is 5.32 Å². The first-order valence-corrected chi connectivity index (χ1v) is 7.07. The summed E-state index contributed by atoms with van der Waals surface area (Å²) in [5, 5.41) is 6.07. The average molecular weight is 255 g/mol. The van der Waals surface area contributed by atoms with Crippen molar-refractivity contribution in [2.45, 2.75) is 25.4 Å². The van der Waals surface area contributed by atoms with Crippen molar-refractivity contribution in [3.05, 3.63) is 42.2 Å². The van der Waals surface area contributed by atoms with Gasteiger partial charge in [-0.3, -0.25) is 4.98 Å². The third-order valence-corrected chi connectivity index (χ3v) is 3.90. The molecule has 0 bridgehead atoms. The van der Waals surface area contributed by atoms with Crippen LogP contribution in [0.25, 0.3) is 10.8 Å². The molecule has 1 aromatic carbocycles. The first-order valence-electron chi connectivity index (χ1n) is 7.07. The Morgan fingerprint density at radius 3 is 3.05 bits per heavy atom. The average Bonchev–Trinajstić information content (AvgIpc) is 3.28. The number of nitrogens with one attached hydrogen (secondary N) is 1. The predicted molar refractivity (Wildman–Crippen MR) is 79.1 cm³/mol. The van der Waals surface area contributed by atoms with Crippen LogP contribution in [0.1, 0.15) is 18.4 Å². The van der Waals surface area contributed by atoms with E-state index in [4.69, 9.17) is 0 Å². The topological polar surface area (TPSA) is 28.2 Å². The lowest BCUT2D eigenvalue weighted by Crippen LogP contribution is -2.30. The molecule has 0 unspecified atom stereocenters. The number of aromatic nitrogens is 1. The highest BCUT2D eigenvalue weighted by molar-refractivity contribution is 5.84. The summed E-state index contributed by atoms with van der Waals surface area (Å²) >= 11 is 0. The molecule has 0 saturated heterocycles. The van der Waals surface area contributed by atoms with E-state index in [2.05, 4.69) is 46.5 Å². The number of rotatable bonds is 6. The fourth-order valence-electron chi connectivity index (χ4n) is 2.52. The van der Waals surface area contributed by atoms with E-state index in [1.165, 1.54) is 29.2 Å². The number of benzene rings is 1. The van der Waals surface area contributed by atoms with Crippen molar-refractivity contribution in [2.75, 3.05) is 20.1 Å². The SMILES string of the molecule is CN(CCNCc1cccc2cnccc12)C1CC1. The molecule has 0 amide bonds. The van der Waals surface area contributed by atoms with E-state index in [1.807, 2.05) is 12.4 Å². The monoisotopic (exact) mass is 255 g/mol. The fourth-order valence-corrected chi connectivity index (χ4v) is 2.52. The number of nitrogens with zero attached hydrogens (tertiary/aromatic N) is 2. The summed E-state index contributed by atoms with van der Waals surface area (Å²) in [6.45, 7) is 3.12. The quantitative estimate of drug-likeness (QED) is 0.804. The second-order valence-corrected chi connectivity index (χ2v) is 5.40. The minimum atomic E-state index is 0.852. The van der Waals surface area contributed by atoms with Gasteiger partial charge in [-0.05, 0) is 36.9 Å². The molecule has 1 saturated carbocycles. The highest BCUT2D eigenvalue weighted by Crippen LogP contribution is 2.24. The van der Waals surface area contributed by atoms with Crippen molar-refractivity contribution in [3.63, 3.8) is 0 Å². The van der Waals surface area contributed by atoms with Crippen molar-refractivity contribution in [3.8, 4) is 0 Å². The summed E-state index contributed by atoms with van der Waals surface area (Å²) in [5.41, 5.74) is 1.36. The van der Waals surface area contributed by atoms with Crippen LogP contribution in [0, 0.1) is 0 Å². The number of likely N-dealkylation sites (N-methyl/N-ethyl adjacent to an activating group) is 1. The molecule has 0 spiro atoms. The second-order valence-electron chi connectivity index (χ2n) is 5.40. The second kappa shape index (κ2) is 5.68. The fraction of sp³-hybridized carbons (Fsp3) is 0.438. The van der Waals surface area contributed by atoms with Crippen LogP contribution in [0.4, 0.5) is 0 Å². The summed E-state index contributed by atoms with van der Waals surface area (Å²) < 4.78 is 0. The molecule has 2 aromatic rings. The minimum Gasteiger partial charge on any atom is -0.311 e. The number of hydrogen-bond donors (Lipinski definition) is 1. The molecule has 1 fully saturated rings. The summed E-state index contributed by atoms with van der Waals surface area (Å²) in [6.07, 6.45) is 6.56. The first-order chi connectivity index (χ1) is 9.34. The van der Waals surface area contributed by atoms with Gasteiger partial charge in [-0.1, -0.05) is 18.2 Å². The molecule has 0 atom stereocenters. The summed E-state index contributed by atoms with van der Waals surface area (Å²) in [7, 11) is 2.23. The zero-order chi connectivity index (χ0) is 13.1. The van der Waals surface area contributed by atoms with Crippen LogP contribution in [-0.4, -0.2) is 36.1 Å². The molecule has 3 nitrogen and oxygen atoms in total. The molecular weight excluding hydrogens is 234 g/mol. The molecule has 0 aliphatic heterocycles. The van der Waals surface area contributed by atoms with Crippen LogP contribution in [0.3, 0.4) is 0 Å². The van der Waals surface area contributed by atoms with E-state index in [1.54, 1.807) is 0 Å². The Morgan fingerprint density at radius 1 is 1.32 bits per heavy atom. The van der Waals surface area contributed by atoms with Gasteiger partial charge in [-0.2, -0.15) is 0 Å². The zero-order valence-corrected chi connectivity index (χ0v) is 11.5. The van der Waals surface area contributed by atoms with Gasteiger partial charge in [0.25, 0.3) is 0 Å². The molecule has 1 aromatic heterocycles. The Kier molecular flexibility index (Phi) is 3.76. The van der Waals surface area contributed by atoms with Crippen LogP contribution >= 0.6 is 0 Å². The van der Waals surface area contributed by atoms with E-state index in [9.17, 15) is 0 Å². The Hall–Kier alpha value is -1.45. The van der Waals surface area contributed by atoms with Gasteiger partial charge in [-0.25, -0.2) is 0 Å². The Labute approximate surface area is 114 Å². The van der Waals surface area contributed by atoms with Gasteiger partial charge in [0.1, 0.15) is 0 Å². The highest BCUT2D eigenvalue weighted by Gasteiger charge is 2.25. The summed E-state index contributed by atoms with van der Waals surface area (Å²) in [5.74, 6) is 0. The molecule has 100 valence electrons. The molecule has 0 radical (unpaired) electrons. The van der Waals surface area contributed by atoms with E-state index in [-0.39, 0.29) is 0 Å². The van der Waals surface area contributed by atoms with E-state index < -0.39 is 0 Å². The predicted octanol–water partition coefficient (Wildman–Crippen LogP) is 2.42. The van der Waals surface area contributed by atoms with Gasteiger partial charge in [-0.15, -0.1) is 0 Å².